The van der Waals surface area contributed by atoms with Crippen molar-refractivity contribution in [3.63, 3.8) is 0 Å². The molecule has 0 spiro atoms. The smallest absolute Gasteiger partial charge is 0.0547 e. The summed E-state index contributed by atoms with van der Waals surface area (Å²) in [6, 6.07) is 74.8. The zero-order valence-electron chi connectivity index (χ0n) is 28.5. The Morgan fingerprint density at radius 1 is 0.288 bits per heavy atom. The molecule has 0 saturated carbocycles. The van der Waals surface area contributed by atoms with Crippen LogP contribution in [0.3, 0.4) is 0 Å². The van der Waals surface area contributed by atoms with Gasteiger partial charge in [0.1, 0.15) is 0 Å². The van der Waals surface area contributed by atoms with Gasteiger partial charge in [-0.1, -0.05) is 140 Å². The van der Waals surface area contributed by atoms with Crippen LogP contribution >= 0.6 is 0 Å². The van der Waals surface area contributed by atoms with Crippen LogP contribution in [0, 0.1) is 0 Å². The molecule has 9 aromatic carbocycles. The highest BCUT2D eigenvalue weighted by molar-refractivity contribution is 6.14. The lowest BCUT2D eigenvalue weighted by molar-refractivity contribution is 1.18. The Labute approximate surface area is 303 Å². The number of benzene rings is 9. The Morgan fingerprint density at radius 2 is 0.846 bits per heavy atom. The fourth-order valence-corrected chi connectivity index (χ4v) is 7.77. The highest BCUT2D eigenvalue weighted by atomic mass is 15.1. The van der Waals surface area contributed by atoms with E-state index in [0.29, 0.717) is 0 Å². The van der Waals surface area contributed by atoms with Gasteiger partial charge < -0.3 is 9.47 Å². The maximum atomic E-state index is 2.39. The first-order valence-corrected chi connectivity index (χ1v) is 17.8. The van der Waals surface area contributed by atoms with E-state index in [-0.39, 0.29) is 0 Å². The van der Waals surface area contributed by atoms with Crippen LogP contribution in [0.1, 0.15) is 0 Å². The largest absolute Gasteiger partial charge is 0.310 e. The van der Waals surface area contributed by atoms with Crippen LogP contribution in [0.5, 0.6) is 0 Å². The summed E-state index contributed by atoms with van der Waals surface area (Å²) in [5.74, 6) is 0. The van der Waals surface area contributed by atoms with E-state index in [9.17, 15) is 0 Å². The van der Waals surface area contributed by atoms with E-state index < -0.39 is 0 Å². The van der Waals surface area contributed by atoms with Gasteiger partial charge in [-0.05, 0) is 111 Å². The quantitative estimate of drug-likeness (QED) is 0.172. The second kappa shape index (κ2) is 12.5. The number of anilines is 3. The van der Waals surface area contributed by atoms with E-state index in [1.807, 2.05) is 0 Å². The standard InChI is InChI=1S/C50H34N2/c1-3-12-35(13-4-1)37-22-24-38(25-23-37)40-16-11-19-44(30-40)51(45-28-26-36-14-7-8-15-39(36)31-45)46-29-27-41-34-50-48(33-42(41)32-46)47-20-9-10-21-49(47)52(50)43-17-5-2-6-18-43/h1-34H. The van der Waals surface area contributed by atoms with Gasteiger partial charge in [-0.25, -0.2) is 0 Å². The minimum absolute atomic E-state index is 1.11. The Bertz CT molecular complexity index is 2890. The van der Waals surface area contributed by atoms with Gasteiger partial charge in [0.25, 0.3) is 0 Å². The number of aromatic nitrogens is 1. The van der Waals surface area contributed by atoms with Crippen molar-refractivity contribution in [1.82, 2.24) is 4.57 Å². The number of hydrogen-bond acceptors (Lipinski definition) is 1. The molecular formula is C50H34N2. The molecule has 1 aromatic heterocycles. The molecule has 2 nitrogen and oxygen atoms in total. The number of hydrogen-bond donors (Lipinski definition) is 0. The Kier molecular flexibility index (Phi) is 7.18. The molecule has 0 amide bonds. The van der Waals surface area contributed by atoms with Crippen LogP contribution in [-0.2, 0) is 0 Å². The first kappa shape index (κ1) is 30.0. The van der Waals surface area contributed by atoms with Crippen molar-refractivity contribution >= 4 is 60.4 Å². The first-order valence-electron chi connectivity index (χ1n) is 17.8. The topological polar surface area (TPSA) is 8.17 Å². The van der Waals surface area contributed by atoms with Gasteiger partial charge in [-0.15, -0.1) is 0 Å². The first-order chi connectivity index (χ1) is 25.8. The number of rotatable bonds is 6. The van der Waals surface area contributed by atoms with Crippen LogP contribution in [-0.4, -0.2) is 4.57 Å². The van der Waals surface area contributed by atoms with E-state index in [1.54, 1.807) is 0 Å². The van der Waals surface area contributed by atoms with Gasteiger partial charge in [0, 0.05) is 33.5 Å². The van der Waals surface area contributed by atoms with E-state index in [0.717, 1.165) is 17.1 Å². The highest BCUT2D eigenvalue weighted by Gasteiger charge is 2.17. The van der Waals surface area contributed by atoms with Crippen molar-refractivity contribution in [2.24, 2.45) is 0 Å². The van der Waals surface area contributed by atoms with Gasteiger partial charge >= 0.3 is 0 Å². The Balaban J connectivity index is 1.13. The van der Waals surface area contributed by atoms with Crippen LogP contribution < -0.4 is 4.90 Å². The number of para-hydroxylation sites is 2. The summed E-state index contributed by atoms with van der Waals surface area (Å²) in [7, 11) is 0. The Hall–Kier alpha value is -6.90. The molecule has 0 N–H and O–H groups in total. The molecule has 10 aromatic rings. The van der Waals surface area contributed by atoms with Crippen molar-refractivity contribution in [3.05, 3.63) is 206 Å². The van der Waals surface area contributed by atoms with Crippen molar-refractivity contribution in [2.45, 2.75) is 0 Å². The lowest BCUT2D eigenvalue weighted by atomic mass is 9.99. The molecule has 1 heterocycles. The normalized spacial score (nSPS) is 11.5. The van der Waals surface area contributed by atoms with Crippen molar-refractivity contribution < 1.29 is 0 Å². The summed E-state index contributed by atoms with van der Waals surface area (Å²) in [5.41, 5.74) is 11.8. The van der Waals surface area contributed by atoms with Crippen molar-refractivity contribution in [2.75, 3.05) is 4.90 Å². The molecule has 0 aliphatic rings. The number of nitrogens with zero attached hydrogens (tertiary/aromatic N) is 2. The second-order valence-corrected chi connectivity index (χ2v) is 13.4. The molecule has 0 aliphatic carbocycles. The van der Waals surface area contributed by atoms with Crippen LogP contribution in [0.2, 0.25) is 0 Å². The monoisotopic (exact) mass is 662 g/mol. The zero-order chi connectivity index (χ0) is 34.4. The summed E-state index contributed by atoms with van der Waals surface area (Å²) < 4.78 is 2.39. The van der Waals surface area contributed by atoms with Crippen LogP contribution in [0.4, 0.5) is 17.1 Å². The average Bonchev–Trinajstić information content (AvgIpc) is 3.54. The molecule has 0 saturated heterocycles. The summed E-state index contributed by atoms with van der Waals surface area (Å²) in [6.45, 7) is 0. The third kappa shape index (κ3) is 5.21. The molecule has 244 valence electrons. The van der Waals surface area contributed by atoms with Gasteiger partial charge in [0.15, 0.2) is 0 Å². The van der Waals surface area contributed by atoms with E-state index >= 15 is 0 Å². The molecule has 10 rings (SSSR count). The predicted octanol–water partition coefficient (Wildman–Crippen LogP) is 13.9. The third-order valence-corrected chi connectivity index (χ3v) is 10.3. The summed E-state index contributed by atoms with van der Waals surface area (Å²) in [5, 5.41) is 7.37. The Morgan fingerprint density at radius 3 is 1.63 bits per heavy atom. The molecule has 52 heavy (non-hydrogen) atoms. The van der Waals surface area contributed by atoms with E-state index in [4.69, 9.17) is 0 Å². The number of fused-ring (bicyclic) bond motifs is 5. The fraction of sp³-hybridized carbons (Fsp3) is 0. The minimum atomic E-state index is 1.11. The van der Waals surface area contributed by atoms with Gasteiger partial charge in [0.2, 0.25) is 0 Å². The maximum Gasteiger partial charge on any atom is 0.0547 e. The molecule has 0 unspecified atom stereocenters. The minimum Gasteiger partial charge on any atom is -0.310 e. The average molecular weight is 663 g/mol. The lowest BCUT2D eigenvalue weighted by Crippen LogP contribution is -2.10. The summed E-state index contributed by atoms with van der Waals surface area (Å²) in [4.78, 5) is 2.39. The van der Waals surface area contributed by atoms with Crippen LogP contribution in [0.25, 0.3) is 71.3 Å². The molecule has 0 fully saturated rings. The summed E-state index contributed by atoms with van der Waals surface area (Å²) >= 11 is 0. The second-order valence-electron chi connectivity index (χ2n) is 13.4. The third-order valence-electron chi connectivity index (χ3n) is 10.3. The molecular weight excluding hydrogens is 629 g/mol. The lowest BCUT2D eigenvalue weighted by Gasteiger charge is -2.27. The summed E-state index contributed by atoms with van der Waals surface area (Å²) in [6.07, 6.45) is 0. The highest BCUT2D eigenvalue weighted by Crippen LogP contribution is 2.41. The molecule has 0 atom stereocenters. The molecule has 0 radical (unpaired) electrons. The van der Waals surface area contributed by atoms with Crippen LogP contribution in [0.15, 0.2) is 206 Å². The van der Waals surface area contributed by atoms with Crippen molar-refractivity contribution in [1.29, 1.82) is 0 Å². The molecule has 2 heteroatoms. The van der Waals surface area contributed by atoms with Gasteiger partial charge in [0.05, 0.1) is 11.0 Å². The van der Waals surface area contributed by atoms with E-state index in [2.05, 4.69) is 216 Å². The molecule has 0 aliphatic heterocycles. The van der Waals surface area contributed by atoms with Gasteiger partial charge in [-0.2, -0.15) is 0 Å². The zero-order valence-corrected chi connectivity index (χ0v) is 28.5. The van der Waals surface area contributed by atoms with E-state index in [1.165, 1.54) is 71.3 Å². The van der Waals surface area contributed by atoms with Gasteiger partial charge in [-0.3, -0.25) is 0 Å². The SMILES string of the molecule is c1ccc(-c2ccc(-c3cccc(N(c4ccc5ccccc5c4)c4ccc5cc6c(cc5c4)c4ccccc4n6-c4ccccc4)c3)cc2)cc1. The van der Waals surface area contributed by atoms with Crippen molar-refractivity contribution in [3.8, 4) is 27.9 Å². The fourth-order valence-electron chi connectivity index (χ4n) is 7.77. The molecule has 0 bridgehead atoms. The maximum absolute atomic E-state index is 2.39. The predicted molar refractivity (Wildman–Crippen MR) is 221 cm³/mol.